The van der Waals surface area contributed by atoms with E-state index in [1.807, 2.05) is 0 Å². The molecule has 0 saturated heterocycles. The predicted octanol–water partition coefficient (Wildman–Crippen LogP) is 1.99. The fraction of sp³-hybridized carbons (Fsp3) is 0.400. The van der Waals surface area contributed by atoms with Gasteiger partial charge in [0, 0.05) is 11.1 Å². The highest BCUT2D eigenvalue weighted by atomic mass is 16.6. The summed E-state index contributed by atoms with van der Waals surface area (Å²) in [5, 5.41) is 0. The lowest BCUT2D eigenvalue weighted by molar-refractivity contribution is -0.153. The minimum absolute atomic E-state index is 0.428. The third kappa shape index (κ3) is 3.69. The van der Waals surface area contributed by atoms with Crippen LogP contribution in [0, 0.1) is 0 Å². The van der Waals surface area contributed by atoms with Crippen LogP contribution in [0.1, 0.15) is 27.7 Å². The number of hydrogen-bond donors (Lipinski definition) is 0. The summed E-state index contributed by atoms with van der Waals surface area (Å²) >= 11 is 0. The number of rotatable bonds is 2. The van der Waals surface area contributed by atoms with E-state index in [2.05, 4.69) is 4.74 Å². The number of ether oxygens (including phenoxy) is 1. The van der Waals surface area contributed by atoms with Gasteiger partial charge >= 0.3 is 11.9 Å². The van der Waals surface area contributed by atoms with E-state index in [1.54, 1.807) is 39.8 Å². The van der Waals surface area contributed by atoms with Crippen LogP contribution in [0.25, 0.3) is 0 Å². The van der Waals surface area contributed by atoms with E-state index in [0.29, 0.717) is 11.1 Å². The van der Waals surface area contributed by atoms with Crippen molar-refractivity contribution in [1.29, 1.82) is 0 Å². The van der Waals surface area contributed by atoms with Crippen molar-refractivity contribution in [3.63, 3.8) is 0 Å². The van der Waals surface area contributed by atoms with Crippen LogP contribution >= 0.6 is 0 Å². The van der Waals surface area contributed by atoms with Gasteiger partial charge in [0.15, 0.2) is 0 Å². The molecule has 0 atom stereocenters. The smallest absolute Gasteiger partial charge is 0.341 e. The van der Waals surface area contributed by atoms with E-state index in [4.69, 9.17) is 0 Å². The quantitative estimate of drug-likeness (QED) is 0.372. The highest BCUT2D eigenvalue weighted by Gasteiger charge is 2.12. The maximum Gasteiger partial charge on any atom is 0.341 e. The van der Waals surface area contributed by atoms with Gasteiger partial charge in [-0.3, -0.25) is 0 Å². The molecule has 0 aromatic carbocycles. The van der Waals surface area contributed by atoms with Gasteiger partial charge in [0.05, 0.1) is 0 Å². The Morgan fingerprint density at radius 3 is 1.46 bits per heavy atom. The maximum absolute atomic E-state index is 11.1. The van der Waals surface area contributed by atoms with Crippen LogP contribution < -0.4 is 0 Å². The fourth-order valence-corrected chi connectivity index (χ4v) is 0.481. The van der Waals surface area contributed by atoms with Crippen molar-refractivity contribution in [3.8, 4) is 0 Å². The number of carbonyl (C=O) groups excluding carboxylic acids is 2. The Balaban J connectivity index is 4.32. The molecule has 0 unspecified atom stereocenters. The van der Waals surface area contributed by atoms with Crippen molar-refractivity contribution in [2.45, 2.75) is 27.7 Å². The number of allylic oxidation sites excluding steroid dienone is 2. The second-order valence-corrected chi connectivity index (χ2v) is 2.62. The monoisotopic (exact) mass is 182 g/mol. The Hall–Kier alpha value is -1.38. The van der Waals surface area contributed by atoms with Crippen LogP contribution in [-0.4, -0.2) is 11.9 Å². The zero-order valence-electron chi connectivity index (χ0n) is 8.38. The van der Waals surface area contributed by atoms with Crippen LogP contribution in [0.3, 0.4) is 0 Å². The molecule has 0 aliphatic heterocycles. The normalized spacial score (nSPS) is 12.6. The zero-order valence-corrected chi connectivity index (χ0v) is 8.38. The molecule has 0 amide bonds. The molecule has 0 fully saturated rings. The summed E-state index contributed by atoms with van der Waals surface area (Å²) in [6, 6.07) is 0. The second-order valence-electron chi connectivity index (χ2n) is 2.62. The SMILES string of the molecule is C/C=C(/C)C(=O)OC(=O)/C(C)=C/C. The van der Waals surface area contributed by atoms with Crippen molar-refractivity contribution in [3.05, 3.63) is 23.3 Å². The van der Waals surface area contributed by atoms with E-state index < -0.39 is 11.9 Å². The summed E-state index contributed by atoms with van der Waals surface area (Å²) in [5.41, 5.74) is 0.856. The van der Waals surface area contributed by atoms with Crippen LogP contribution in [0.4, 0.5) is 0 Å². The molecule has 0 aliphatic carbocycles. The third-order valence-electron chi connectivity index (χ3n) is 1.70. The lowest BCUT2D eigenvalue weighted by Gasteiger charge is -2.01. The maximum atomic E-state index is 11.1. The minimum Gasteiger partial charge on any atom is -0.386 e. The van der Waals surface area contributed by atoms with Crippen LogP contribution in [0.2, 0.25) is 0 Å². The van der Waals surface area contributed by atoms with E-state index in [1.165, 1.54) is 0 Å². The number of hydrogen-bond acceptors (Lipinski definition) is 3. The molecule has 0 radical (unpaired) electrons. The van der Waals surface area contributed by atoms with Gasteiger partial charge in [-0.15, -0.1) is 0 Å². The van der Waals surface area contributed by atoms with E-state index >= 15 is 0 Å². The average Bonchev–Trinajstić information content (AvgIpc) is 2.14. The number of carbonyl (C=O) groups is 2. The van der Waals surface area contributed by atoms with Gasteiger partial charge in [0.1, 0.15) is 0 Å². The van der Waals surface area contributed by atoms with Gasteiger partial charge in [-0.05, 0) is 27.7 Å². The molecule has 0 aromatic heterocycles. The molecule has 0 spiro atoms. The van der Waals surface area contributed by atoms with E-state index in [0.717, 1.165) is 0 Å². The standard InChI is InChI=1S/C10H14O3/c1-5-7(3)9(11)13-10(12)8(4)6-2/h5-6H,1-4H3/b7-5-,8-6+. The summed E-state index contributed by atoms with van der Waals surface area (Å²) in [4.78, 5) is 22.1. The molecule has 3 nitrogen and oxygen atoms in total. The lowest BCUT2D eigenvalue weighted by atomic mass is 10.3. The molecule has 0 aliphatic rings. The Morgan fingerprint density at radius 1 is 0.923 bits per heavy atom. The molecule has 0 aromatic rings. The first-order valence-electron chi connectivity index (χ1n) is 4.05. The molecule has 0 heterocycles. The minimum atomic E-state index is -0.589. The van der Waals surface area contributed by atoms with Crippen molar-refractivity contribution in [1.82, 2.24) is 0 Å². The predicted molar refractivity (Wildman–Crippen MR) is 50.0 cm³/mol. The molecular weight excluding hydrogens is 168 g/mol. The Kier molecular flexibility index (Phi) is 4.74. The molecule has 0 rings (SSSR count). The first kappa shape index (κ1) is 11.6. The summed E-state index contributed by atoms with van der Waals surface area (Å²) in [6.07, 6.45) is 3.20. The van der Waals surface area contributed by atoms with Gasteiger partial charge in [-0.25, -0.2) is 9.59 Å². The summed E-state index contributed by atoms with van der Waals surface area (Å²) in [6.45, 7) is 6.62. The molecule has 0 bridgehead atoms. The number of esters is 2. The summed E-state index contributed by atoms with van der Waals surface area (Å²) < 4.78 is 4.54. The van der Waals surface area contributed by atoms with Crippen molar-refractivity contribution < 1.29 is 14.3 Å². The van der Waals surface area contributed by atoms with Gasteiger partial charge in [0.2, 0.25) is 0 Å². The van der Waals surface area contributed by atoms with E-state index in [-0.39, 0.29) is 0 Å². The van der Waals surface area contributed by atoms with E-state index in [9.17, 15) is 9.59 Å². The molecule has 13 heavy (non-hydrogen) atoms. The second kappa shape index (κ2) is 5.30. The van der Waals surface area contributed by atoms with Crippen LogP contribution in [0.15, 0.2) is 23.3 Å². The molecule has 0 N–H and O–H groups in total. The molecule has 3 heteroatoms. The van der Waals surface area contributed by atoms with Gasteiger partial charge < -0.3 is 4.74 Å². The topological polar surface area (TPSA) is 43.4 Å². The first-order chi connectivity index (χ1) is 6.02. The average molecular weight is 182 g/mol. The van der Waals surface area contributed by atoms with Gasteiger partial charge in [-0.2, -0.15) is 0 Å². The Morgan fingerprint density at radius 2 is 1.23 bits per heavy atom. The zero-order chi connectivity index (χ0) is 10.4. The molecule has 0 saturated carbocycles. The third-order valence-corrected chi connectivity index (χ3v) is 1.70. The summed E-state index contributed by atoms with van der Waals surface area (Å²) in [5.74, 6) is -1.18. The van der Waals surface area contributed by atoms with Gasteiger partial charge in [-0.1, -0.05) is 12.2 Å². The molecule has 72 valence electrons. The van der Waals surface area contributed by atoms with Crippen molar-refractivity contribution >= 4 is 11.9 Å². The van der Waals surface area contributed by atoms with Gasteiger partial charge in [0.25, 0.3) is 0 Å². The van der Waals surface area contributed by atoms with Crippen LogP contribution in [-0.2, 0) is 14.3 Å². The highest BCUT2D eigenvalue weighted by molar-refractivity contribution is 6.01. The lowest BCUT2D eigenvalue weighted by Crippen LogP contribution is -2.13. The first-order valence-corrected chi connectivity index (χ1v) is 4.05. The van der Waals surface area contributed by atoms with Crippen LogP contribution in [0.5, 0.6) is 0 Å². The van der Waals surface area contributed by atoms with Crippen molar-refractivity contribution in [2.24, 2.45) is 0 Å². The highest BCUT2D eigenvalue weighted by Crippen LogP contribution is 2.01. The largest absolute Gasteiger partial charge is 0.386 e. The summed E-state index contributed by atoms with van der Waals surface area (Å²) in [7, 11) is 0. The Labute approximate surface area is 78.1 Å². The Bertz CT molecular complexity index is 244. The molecular formula is C10H14O3. The fourth-order valence-electron chi connectivity index (χ4n) is 0.481. The van der Waals surface area contributed by atoms with Crippen molar-refractivity contribution in [2.75, 3.05) is 0 Å².